The Morgan fingerprint density at radius 2 is 0.500 bits per heavy atom. The maximum atomic E-state index is 2.81. The third-order valence-corrected chi connectivity index (χ3v) is 8.89. The molecule has 0 aliphatic rings. The molecule has 0 heterocycles. The van der Waals surface area contributed by atoms with E-state index in [1.807, 2.05) is 0 Å². The third-order valence-electron chi connectivity index (χ3n) is 8.89. The predicted octanol–water partition coefficient (Wildman–Crippen LogP) is 14.0. The van der Waals surface area contributed by atoms with Crippen molar-refractivity contribution in [2.75, 3.05) is 19.6 Å². The molecular formula is C39H79N. The molecule has 0 saturated heterocycles. The lowest BCUT2D eigenvalue weighted by molar-refractivity contribution is 0.255. The molecule has 40 heavy (non-hydrogen) atoms. The molecule has 0 aliphatic heterocycles. The van der Waals surface area contributed by atoms with Crippen LogP contribution in [0.15, 0.2) is 12.2 Å². The molecule has 0 rings (SSSR count). The zero-order chi connectivity index (χ0) is 29.0. The van der Waals surface area contributed by atoms with Gasteiger partial charge in [0.15, 0.2) is 0 Å². The van der Waals surface area contributed by atoms with Crippen LogP contribution in [0.5, 0.6) is 0 Å². The smallest absolute Gasteiger partial charge is 0.00187 e. The van der Waals surface area contributed by atoms with Gasteiger partial charge in [-0.15, -0.1) is 0 Å². The molecule has 0 bridgehead atoms. The van der Waals surface area contributed by atoms with Crippen LogP contribution in [0.25, 0.3) is 0 Å². The van der Waals surface area contributed by atoms with Crippen LogP contribution in [0.1, 0.15) is 220 Å². The van der Waals surface area contributed by atoms with E-state index in [9.17, 15) is 0 Å². The van der Waals surface area contributed by atoms with E-state index in [1.165, 1.54) is 219 Å². The molecule has 0 fully saturated rings. The fraction of sp³-hybridized carbons (Fsp3) is 0.949. The summed E-state index contributed by atoms with van der Waals surface area (Å²) in [6, 6.07) is 0. The summed E-state index contributed by atoms with van der Waals surface area (Å²) in [6.45, 7) is 11.0. The lowest BCUT2D eigenvalue weighted by atomic mass is 10.0. The van der Waals surface area contributed by atoms with Gasteiger partial charge in [0.1, 0.15) is 0 Å². The lowest BCUT2D eigenvalue weighted by Gasteiger charge is -2.22. The van der Waals surface area contributed by atoms with Crippen molar-refractivity contribution in [2.24, 2.45) is 0 Å². The van der Waals surface area contributed by atoms with Crippen LogP contribution in [-0.4, -0.2) is 24.5 Å². The molecule has 0 atom stereocenters. The second-order valence-electron chi connectivity index (χ2n) is 13.1. The summed E-state index contributed by atoms with van der Waals surface area (Å²) < 4.78 is 0. The molecule has 0 radical (unpaired) electrons. The van der Waals surface area contributed by atoms with Crippen LogP contribution < -0.4 is 0 Å². The van der Waals surface area contributed by atoms with Gasteiger partial charge in [-0.25, -0.2) is 0 Å². The average Bonchev–Trinajstić information content (AvgIpc) is 2.96. The summed E-state index contributed by atoms with van der Waals surface area (Å²) in [7, 11) is 0. The molecule has 0 amide bonds. The molecule has 0 aliphatic carbocycles. The Hall–Kier alpha value is -0.300. The van der Waals surface area contributed by atoms with Crippen molar-refractivity contribution in [3.8, 4) is 0 Å². The average molecular weight is 562 g/mol. The summed E-state index contributed by atoms with van der Waals surface area (Å²) in [5.41, 5.74) is 0. The van der Waals surface area contributed by atoms with Crippen molar-refractivity contribution in [1.82, 2.24) is 4.90 Å². The van der Waals surface area contributed by atoms with Crippen LogP contribution >= 0.6 is 0 Å². The number of hydrogen-bond acceptors (Lipinski definition) is 1. The van der Waals surface area contributed by atoms with Crippen LogP contribution in [0, 0.1) is 0 Å². The maximum absolute atomic E-state index is 2.81. The van der Waals surface area contributed by atoms with Gasteiger partial charge < -0.3 is 4.90 Å². The molecule has 0 aromatic carbocycles. The van der Waals surface area contributed by atoms with Gasteiger partial charge in [0.05, 0.1) is 0 Å². The Balaban J connectivity index is 3.59. The van der Waals surface area contributed by atoms with E-state index in [0.717, 1.165) is 0 Å². The molecule has 0 aromatic heterocycles. The van der Waals surface area contributed by atoms with Gasteiger partial charge >= 0.3 is 0 Å². The van der Waals surface area contributed by atoms with Crippen molar-refractivity contribution in [3.63, 3.8) is 0 Å². The van der Waals surface area contributed by atoms with Gasteiger partial charge in [-0.2, -0.15) is 0 Å². The second kappa shape index (κ2) is 36.7. The van der Waals surface area contributed by atoms with Crippen molar-refractivity contribution >= 4 is 0 Å². The van der Waals surface area contributed by atoms with Crippen LogP contribution in [0.2, 0.25) is 0 Å². The Kier molecular flexibility index (Phi) is 36.5. The molecule has 1 heteroatoms. The fourth-order valence-electron chi connectivity index (χ4n) is 6.03. The van der Waals surface area contributed by atoms with E-state index < -0.39 is 0 Å². The molecule has 0 unspecified atom stereocenters. The minimum absolute atomic E-state index is 1.31. The quantitative estimate of drug-likeness (QED) is 0.0549. The summed E-state index contributed by atoms with van der Waals surface area (Å²) in [5.74, 6) is 0. The van der Waals surface area contributed by atoms with E-state index >= 15 is 0 Å². The minimum atomic E-state index is 1.31. The van der Waals surface area contributed by atoms with Crippen molar-refractivity contribution in [3.05, 3.63) is 12.2 Å². The molecule has 0 aromatic rings. The Morgan fingerprint density at radius 3 is 0.825 bits per heavy atom. The highest BCUT2D eigenvalue weighted by atomic mass is 15.1. The predicted molar refractivity (Wildman–Crippen MR) is 186 cm³/mol. The van der Waals surface area contributed by atoms with Gasteiger partial charge in [-0.1, -0.05) is 187 Å². The number of unbranched alkanes of at least 4 members (excludes halogenated alkanes) is 27. The van der Waals surface area contributed by atoms with Crippen molar-refractivity contribution in [2.45, 2.75) is 220 Å². The van der Waals surface area contributed by atoms with Gasteiger partial charge in [0.2, 0.25) is 0 Å². The highest BCUT2D eigenvalue weighted by molar-refractivity contribution is 4.81. The Morgan fingerprint density at radius 1 is 0.275 bits per heavy atom. The highest BCUT2D eigenvalue weighted by Gasteiger charge is 2.05. The van der Waals surface area contributed by atoms with E-state index in [0.29, 0.717) is 0 Å². The SMILES string of the molecule is CCCCCCCC/C=C\CCCCCCCCN(CCCCC)CCCCCCCCCCCCCCCC. The van der Waals surface area contributed by atoms with Crippen LogP contribution in [0.3, 0.4) is 0 Å². The first-order valence-electron chi connectivity index (χ1n) is 19.2. The zero-order valence-electron chi connectivity index (χ0n) is 28.6. The normalized spacial score (nSPS) is 11.9. The first-order chi connectivity index (χ1) is 19.8. The summed E-state index contributed by atoms with van der Waals surface area (Å²) in [5, 5.41) is 0. The molecule has 240 valence electrons. The lowest BCUT2D eigenvalue weighted by Crippen LogP contribution is -2.27. The molecule has 0 saturated carbocycles. The third kappa shape index (κ3) is 33.9. The standard InChI is InChI=1S/C39H79N/c1-4-7-10-12-14-16-18-20-22-23-25-27-29-31-33-36-39-40(37-34-9-6-3)38-35-32-30-28-26-24-21-19-17-15-13-11-8-5-2/h20,22H,4-19,21,23-39H2,1-3H3/b22-20-. The topological polar surface area (TPSA) is 3.24 Å². The van der Waals surface area contributed by atoms with E-state index in [-0.39, 0.29) is 0 Å². The monoisotopic (exact) mass is 562 g/mol. The zero-order valence-corrected chi connectivity index (χ0v) is 28.6. The van der Waals surface area contributed by atoms with Crippen molar-refractivity contribution in [1.29, 1.82) is 0 Å². The number of hydrogen-bond donors (Lipinski definition) is 0. The van der Waals surface area contributed by atoms with E-state index in [2.05, 4.69) is 37.8 Å². The van der Waals surface area contributed by atoms with Gasteiger partial charge in [-0.3, -0.25) is 0 Å². The molecule has 0 spiro atoms. The number of nitrogens with zero attached hydrogens (tertiary/aromatic N) is 1. The fourth-order valence-corrected chi connectivity index (χ4v) is 6.03. The first kappa shape index (κ1) is 39.7. The van der Waals surface area contributed by atoms with Crippen LogP contribution in [0.4, 0.5) is 0 Å². The second-order valence-corrected chi connectivity index (χ2v) is 13.1. The maximum Gasteiger partial charge on any atom is -0.00187 e. The van der Waals surface area contributed by atoms with Gasteiger partial charge in [0, 0.05) is 0 Å². The molecule has 0 N–H and O–H groups in total. The van der Waals surface area contributed by atoms with E-state index in [1.54, 1.807) is 0 Å². The molecular weight excluding hydrogens is 482 g/mol. The number of allylic oxidation sites excluding steroid dienone is 2. The number of rotatable bonds is 35. The first-order valence-corrected chi connectivity index (χ1v) is 19.2. The highest BCUT2D eigenvalue weighted by Crippen LogP contribution is 2.14. The van der Waals surface area contributed by atoms with E-state index in [4.69, 9.17) is 0 Å². The largest absolute Gasteiger partial charge is 0.303 e. The molecule has 1 nitrogen and oxygen atoms in total. The summed E-state index contributed by atoms with van der Waals surface area (Å²) in [6.07, 6.45) is 49.2. The summed E-state index contributed by atoms with van der Waals surface area (Å²) in [4.78, 5) is 2.81. The van der Waals surface area contributed by atoms with Crippen LogP contribution in [-0.2, 0) is 0 Å². The summed E-state index contributed by atoms with van der Waals surface area (Å²) >= 11 is 0. The Bertz CT molecular complexity index is 456. The van der Waals surface area contributed by atoms with Gasteiger partial charge in [0.25, 0.3) is 0 Å². The van der Waals surface area contributed by atoms with Crippen molar-refractivity contribution < 1.29 is 0 Å². The van der Waals surface area contributed by atoms with Gasteiger partial charge in [-0.05, 0) is 64.6 Å². The minimum Gasteiger partial charge on any atom is -0.303 e. The Labute approximate surface area is 256 Å².